The van der Waals surface area contributed by atoms with Gasteiger partial charge in [0.1, 0.15) is 0 Å². The molecule has 2 heterocycles. The van der Waals surface area contributed by atoms with E-state index in [2.05, 4.69) is 20.0 Å². The topological polar surface area (TPSA) is 209 Å². The van der Waals surface area contributed by atoms with Gasteiger partial charge in [-0.2, -0.15) is 0 Å². The number of aliphatic imine (C=N–C) groups is 2. The van der Waals surface area contributed by atoms with Gasteiger partial charge in [-0.15, -0.1) is 21.7 Å². The molecule has 226 valence electrons. The van der Waals surface area contributed by atoms with Gasteiger partial charge in [-0.25, -0.2) is 18.6 Å². The number of hydrogen-bond donors (Lipinski definition) is 1. The Kier molecular flexibility index (Phi) is 24.9. The van der Waals surface area contributed by atoms with Crippen molar-refractivity contribution < 1.29 is 61.0 Å². The SMILES string of the molecule is CO.Clc1ccncc1.Clc1ccncc1.[Co+3].[O-][Cl+3]([O-])([O-])[O-].[O-]c1ccccc1C=NCCN=Cc1ccccc1[O-]. The summed E-state index contributed by atoms with van der Waals surface area (Å²) in [5, 5.41) is 31.3. The van der Waals surface area contributed by atoms with Crippen molar-refractivity contribution in [3.63, 3.8) is 0 Å². The summed E-state index contributed by atoms with van der Waals surface area (Å²) < 4.78 is 34.0. The second kappa shape index (κ2) is 25.6. The van der Waals surface area contributed by atoms with Crippen LogP contribution in [0.1, 0.15) is 11.1 Å². The van der Waals surface area contributed by atoms with Crippen LogP contribution in [0.3, 0.4) is 0 Å². The third-order valence-corrected chi connectivity index (χ3v) is 4.44. The molecule has 0 aliphatic heterocycles. The summed E-state index contributed by atoms with van der Waals surface area (Å²) in [4.78, 5) is 15.8. The van der Waals surface area contributed by atoms with Crippen LogP contribution < -0.4 is 28.8 Å². The normalized spacial score (nSPS) is 9.90. The Morgan fingerprint density at radius 2 is 0.929 bits per heavy atom. The summed E-state index contributed by atoms with van der Waals surface area (Å²) >= 11 is 11.0. The van der Waals surface area contributed by atoms with Crippen LogP contribution in [0.25, 0.3) is 0 Å². The molecule has 0 atom stereocenters. The van der Waals surface area contributed by atoms with E-state index in [-0.39, 0.29) is 28.3 Å². The second-order valence-corrected chi connectivity index (χ2v) is 8.48. The Morgan fingerprint density at radius 3 is 1.17 bits per heavy atom. The van der Waals surface area contributed by atoms with Crippen LogP contribution in [0.15, 0.2) is 108 Å². The zero-order chi connectivity index (χ0) is 30.9. The van der Waals surface area contributed by atoms with Crippen molar-refractivity contribution in [2.45, 2.75) is 0 Å². The number of hydrogen-bond acceptors (Lipinski definition) is 11. The fourth-order valence-electron chi connectivity index (χ4n) is 2.28. The number of aliphatic hydroxyl groups excluding tert-OH is 1. The van der Waals surface area contributed by atoms with Crippen molar-refractivity contribution >= 4 is 35.6 Å². The Balaban J connectivity index is 0. The molecule has 0 amide bonds. The van der Waals surface area contributed by atoms with Crippen molar-refractivity contribution in [3.05, 3.63) is 119 Å². The minimum Gasteiger partial charge on any atom is -0.872 e. The van der Waals surface area contributed by atoms with E-state index in [1.54, 1.807) is 97.9 Å². The van der Waals surface area contributed by atoms with E-state index >= 15 is 0 Å². The van der Waals surface area contributed by atoms with E-state index in [0.29, 0.717) is 24.2 Å². The molecule has 11 nitrogen and oxygen atoms in total. The first-order valence-corrected chi connectivity index (χ1v) is 13.2. The van der Waals surface area contributed by atoms with Crippen LogP contribution >= 0.6 is 23.2 Å². The van der Waals surface area contributed by atoms with Crippen molar-refractivity contribution in [3.8, 4) is 11.5 Å². The molecule has 15 heteroatoms. The summed E-state index contributed by atoms with van der Waals surface area (Å²) in [5.74, 6) is -0.0833. The molecule has 0 spiro atoms. The molecule has 0 fully saturated rings. The smallest absolute Gasteiger partial charge is 0.872 e. The molecule has 0 saturated heterocycles. The number of aromatic nitrogens is 2. The van der Waals surface area contributed by atoms with Gasteiger partial charge in [0.2, 0.25) is 0 Å². The van der Waals surface area contributed by atoms with Crippen molar-refractivity contribution in [1.82, 2.24) is 9.97 Å². The molecule has 0 radical (unpaired) electrons. The Labute approximate surface area is 266 Å². The molecule has 2 aromatic carbocycles. The Hall–Kier alpha value is -3.14. The molecule has 0 saturated carbocycles. The summed E-state index contributed by atoms with van der Waals surface area (Å²) in [6, 6.07) is 20.4. The third kappa shape index (κ3) is 24.6. The first kappa shape index (κ1) is 41.0. The third-order valence-electron chi connectivity index (χ3n) is 3.94. The predicted molar refractivity (Wildman–Crippen MR) is 143 cm³/mol. The van der Waals surface area contributed by atoms with Gasteiger partial charge in [0.25, 0.3) is 0 Å². The largest absolute Gasteiger partial charge is 3.00 e. The number of pyridine rings is 2. The molecule has 2 aromatic heterocycles. The minimum absolute atomic E-state index is 0. The van der Waals surface area contributed by atoms with Crippen molar-refractivity contribution in [2.75, 3.05) is 20.2 Å². The van der Waals surface area contributed by atoms with E-state index in [1.807, 2.05) is 0 Å². The first-order chi connectivity index (χ1) is 19.6. The van der Waals surface area contributed by atoms with Crippen LogP contribution in [-0.2, 0) is 16.8 Å². The van der Waals surface area contributed by atoms with E-state index in [9.17, 15) is 10.2 Å². The Morgan fingerprint density at radius 1 is 0.643 bits per heavy atom. The average Bonchev–Trinajstić information content (AvgIpc) is 2.94. The molecule has 0 aliphatic carbocycles. The minimum atomic E-state index is -4.94. The molecule has 0 bridgehead atoms. The van der Waals surface area contributed by atoms with Crippen molar-refractivity contribution in [2.24, 2.45) is 9.98 Å². The predicted octanol–water partition coefficient (Wildman–Crippen LogP) is -0.308. The maximum Gasteiger partial charge on any atom is 3.00 e. The van der Waals surface area contributed by atoms with Crippen molar-refractivity contribution in [1.29, 1.82) is 0 Å². The van der Waals surface area contributed by atoms with Gasteiger partial charge >= 0.3 is 16.8 Å². The van der Waals surface area contributed by atoms with Gasteiger partial charge in [0.15, 0.2) is 0 Å². The molecule has 4 aromatic rings. The van der Waals surface area contributed by atoms with Crippen LogP contribution in [-0.4, -0.2) is 47.7 Å². The fraction of sp³-hybridized carbons (Fsp3) is 0.111. The first-order valence-electron chi connectivity index (χ1n) is 11.3. The molecular weight excluding hydrogens is 658 g/mol. The fourth-order valence-corrected chi connectivity index (χ4v) is 2.51. The zero-order valence-electron chi connectivity index (χ0n) is 22.0. The second-order valence-electron chi connectivity index (χ2n) is 6.86. The van der Waals surface area contributed by atoms with Gasteiger partial charge in [0, 0.05) is 54.4 Å². The molecule has 42 heavy (non-hydrogen) atoms. The summed E-state index contributed by atoms with van der Waals surface area (Å²) in [7, 11) is -3.94. The van der Waals surface area contributed by atoms with Gasteiger partial charge < -0.3 is 15.3 Å². The van der Waals surface area contributed by atoms with Gasteiger partial charge in [-0.05, 0) is 35.4 Å². The molecule has 0 aliphatic rings. The maximum absolute atomic E-state index is 11.4. The number of benzene rings is 2. The Bertz CT molecular complexity index is 1170. The van der Waals surface area contributed by atoms with E-state index < -0.39 is 10.2 Å². The molecule has 1 N–H and O–H groups in total. The molecule has 4 rings (SSSR count). The van der Waals surface area contributed by atoms with Crippen LogP contribution in [0.2, 0.25) is 10.0 Å². The summed E-state index contributed by atoms with van der Waals surface area (Å²) in [6.07, 6.45) is 9.73. The van der Waals surface area contributed by atoms with E-state index in [0.717, 1.165) is 17.2 Å². The standard InChI is InChI=1S/C16H16N2O2.2C5H4ClN.CH4O.ClHO4.Co/c19-15-7-3-1-5-13(15)11-17-9-10-18-12-14-6-2-4-8-16(14)20;2*6-5-1-3-7-4-2-5;1-2;2-1(3,4)5;/h1-8,11-12,19-20H,9-10H2;2*1-4H;2H,1H3;(H,2,3,4,5);/q;;;;;+3/p-3. The number of aliphatic hydroxyl groups is 1. The van der Waals surface area contributed by atoms with Crippen LogP contribution in [0.5, 0.6) is 11.5 Å². The summed E-state index contributed by atoms with van der Waals surface area (Å²) in [5.41, 5.74) is 1.14. The van der Waals surface area contributed by atoms with Gasteiger partial charge in [-0.1, -0.05) is 71.7 Å². The zero-order valence-corrected chi connectivity index (χ0v) is 25.3. The number of rotatable bonds is 5. The summed E-state index contributed by atoms with van der Waals surface area (Å²) in [6.45, 7) is 0.956. The number of nitrogens with zero attached hydrogens (tertiary/aromatic N) is 4. The van der Waals surface area contributed by atoms with E-state index in [1.165, 1.54) is 12.1 Å². The van der Waals surface area contributed by atoms with Gasteiger partial charge in [0.05, 0.1) is 13.1 Å². The monoisotopic (exact) mass is 682 g/mol. The maximum atomic E-state index is 11.4. The number of para-hydroxylation sites is 2. The molecule has 0 unspecified atom stereocenters. The van der Waals surface area contributed by atoms with Gasteiger partial charge in [-0.3, -0.25) is 20.0 Å². The molecular formula is C27H26Cl3CoN4O7. The van der Waals surface area contributed by atoms with Crippen LogP contribution in [0, 0.1) is 10.2 Å². The average molecular weight is 684 g/mol. The van der Waals surface area contributed by atoms with Crippen LogP contribution in [0.4, 0.5) is 0 Å². The van der Waals surface area contributed by atoms with E-state index in [4.69, 9.17) is 46.9 Å². The number of halogens is 3. The quantitative estimate of drug-likeness (QED) is 0.216.